The maximum absolute atomic E-state index is 13.0. The number of nitrogens with one attached hydrogen (secondary N) is 1. The van der Waals surface area contributed by atoms with Crippen LogP contribution in [0.1, 0.15) is 50.8 Å². The molecule has 2 rings (SSSR count). The molecule has 0 radical (unpaired) electrons. The summed E-state index contributed by atoms with van der Waals surface area (Å²) < 4.78 is 0. The Labute approximate surface area is 141 Å². The molecule has 1 aliphatic heterocycles. The Morgan fingerprint density at radius 3 is 2.88 bits per heavy atom. The Bertz CT molecular complexity index is 552. The van der Waals surface area contributed by atoms with E-state index in [4.69, 9.17) is 5.21 Å². The van der Waals surface area contributed by atoms with Crippen molar-refractivity contribution < 1.29 is 19.9 Å². The van der Waals surface area contributed by atoms with Gasteiger partial charge in [-0.25, -0.2) is 5.48 Å². The summed E-state index contributed by atoms with van der Waals surface area (Å²) in [7, 11) is 0. The quantitative estimate of drug-likeness (QED) is 0.516. The second-order valence-corrected chi connectivity index (χ2v) is 6.11. The van der Waals surface area contributed by atoms with E-state index in [0.29, 0.717) is 19.4 Å². The Kier molecular flexibility index (Phi) is 6.69. The molecule has 0 aliphatic carbocycles. The van der Waals surface area contributed by atoms with E-state index < -0.39 is 17.9 Å². The molecule has 0 spiro atoms. The lowest BCUT2D eigenvalue weighted by atomic mass is 9.93. The van der Waals surface area contributed by atoms with E-state index >= 15 is 0 Å². The van der Waals surface area contributed by atoms with Gasteiger partial charge in [-0.15, -0.1) is 0 Å². The molecule has 1 aromatic heterocycles. The summed E-state index contributed by atoms with van der Waals surface area (Å²) in [5.41, 5.74) is 2.26. The van der Waals surface area contributed by atoms with Crippen molar-refractivity contribution >= 4 is 11.8 Å². The summed E-state index contributed by atoms with van der Waals surface area (Å²) in [6.07, 6.45) is 3.77. The molecule has 1 aliphatic rings. The standard InChI is InChI=1S/C17H25N3O4/c1-2-3-7-12(15(21)16(22)19-24)17(23)20-11-6-9-14(20)13-8-4-5-10-18-13/h4-5,8,10,12,14-15,21,24H,2-3,6-7,9,11H2,1H3,(H,19,22). The lowest BCUT2D eigenvalue weighted by Crippen LogP contribution is -2.46. The van der Waals surface area contributed by atoms with Gasteiger partial charge in [0, 0.05) is 12.7 Å². The molecule has 3 atom stereocenters. The predicted octanol–water partition coefficient (Wildman–Crippen LogP) is 1.42. The Morgan fingerprint density at radius 1 is 1.46 bits per heavy atom. The van der Waals surface area contributed by atoms with E-state index in [-0.39, 0.29) is 11.9 Å². The zero-order chi connectivity index (χ0) is 17.5. The van der Waals surface area contributed by atoms with E-state index in [0.717, 1.165) is 25.0 Å². The smallest absolute Gasteiger partial charge is 0.272 e. The minimum Gasteiger partial charge on any atom is -0.382 e. The van der Waals surface area contributed by atoms with Crippen molar-refractivity contribution in [2.24, 2.45) is 5.92 Å². The number of carbonyl (C=O) groups excluding carboxylic acids is 2. The first-order valence-electron chi connectivity index (χ1n) is 8.43. The topological polar surface area (TPSA) is 103 Å². The van der Waals surface area contributed by atoms with Crippen molar-refractivity contribution in [3.63, 3.8) is 0 Å². The summed E-state index contributed by atoms with van der Waals surface area (Å²) >= 11 is 0. The number of unbranched alkanes of at least 4 members (excludes halogenated alkanes) is 1. The van der Waals surface area contributed by atoms with Gasteiger partial charge in [-0.2, -0.15) is 0 Å². The van der Waals surface area contributed by atoms with Crippen LogP contribution >= 0.6 is 0 Å². The van der Waals surface area contributed by atoms with Crippen LogP contribution in [-0.2, 0) is 9.59 Å². The average Bonchev–Trinajstić information content (AvgIpc) is 3.11. The van der Waals surface area contributed by atoms with Gasteiger partial charge in [0.15, 0.2) is 0 Å². The van der Waals surface area contributed by atoms with Crippen LogP contribution in [-0.4, -0.2) is 44.7 Å². The second kappa shape index (κ2) is 8.75. The molecule has 1 fully saturated rings. The summed E-state index contributed by atoms with van der Waals surface area (Å²) in [5, 5.41) is 18.9. The Hall–Kier alpha value is -1.99. The number of rotatable bonds is 7. The van der Waals surface area contributed by atoms with E-state index in [9.17, 15) is 14.7 Å². The largest absolute Gasteiger partial charge is 0.382 e. The van der Waals surface area contributed by atoms with Crippen molar-refractivity contribution in [3.05, 3.63) is 30.1 Å². The van der Waals surface area contributed by atoms with Gasteiger partial charge in [0.05, 0.1) is 17.7 Å². The van der Waals surface area contributed by atoms with Gasteiger partial charge in [-0.05, 0) is 31.4 Å². The predicted molar refractivity (Wildman–Crippen MR) is 86.9 cm³/mol. The number of hydrogen-bond donors (Lipinski definition) is 3. The van der Waals surface area contributed by atoms with Gasteiger partial charge in [0.2, 0.25) is 5.91 Å². The summed E-state index contributed by atoms with van der Waals surface area (Å²) in [5.74, 6) is -2.06. The molecule has 2 heterocycles. The summed E-state index contributed by atoms with van der Waals surface area (Å²) in [6.45, 7) is 2.56. The number of aliphatic hydroxyl groups excluding tert-OH is 1. The zero-order valence-electron chi connectivity index (χ0n) is 13.9. The maximum Gasteiger partial charge on any atom is 0.272 e. The maximum atomic E-state index is 13.0. The zero-order valence-corrected chi connectivity index (χ0v) is 13.9. The molecule has 0 saturated carbocycles. The molecule has 1 saturated heterocycles. The molecule has 132 valence electrons. The molecule has 3 unspecified atom stereocenters. The van der Waals surface area contributed by atoms with Crippen LogP contribution in [0.4, 0.5) is 0 Å². The Morgan fingerprint density at radius 2 is 2.25 bits per heavy atom. The van der Waals surface area contributed by atoms with Crippen molar-refractivity contribution in [2.45, 2.75) is 51.2 Å². The normalized spacial score (nSPS) is 19.8. The number of carbonyl (C=O) groups is 2. The van der Waals surface area contributed by atoms with Gasteiger partial charge in [0.25, 0.3) is 5.91 Å². The third kappa shape index (κ3) is 4.10. The molecule has 7 nitrogen and oxygen atoms in total. The second-order valence-electron chi connectivity index (χ2n) is 6.11. The number of aliphatic hydroxyl groups is 1. The monoisotopic (exact) mass is 335 g/mol. The van der Waals surface area contributed by atoms with Gasteiger partial charge >= 0.3 is 0 Å². The van der Waals surface area contributed by atoms with E-state index in [2.05, 4.69) is 4.98 Å². The third-order valence-corrected chi connectivity index (χ3v) is 4.51. The fraction of sp³-hybridized carbons (Fsp3) is 0.588. The number of pyridine rings is 1. The number of hydrogen-bond acceptors (Lipinski definition) is 5. The highest BCUT2D eigenvalue weighted by atomic mass is 16.5. The number of likely N-dealkylation sites (tertiary alicyclic amines) is 1. The van der Waals surface area contributed by atoms with Crippen molar-refractivity contribution in [3.8, 4) is 0 Å². The summed E-state index contributed by atoms with van der Waals surface area (Å²) in [4.78, 5) is 30.6. The Balaban J connectivity index is 2.19. The highest BCUT2D eigenvalue weighted by molar-refractivity contribution is 5.89. The highest BCUT2D eigenvalue weighted by Gasteiger charge is 2.39. The SMILES string of the molecule is CCCCC(C(=O)N1CCCC1c1ccccn1)C(O)C(=O)NO. The molecular weight excluding hydrogens is 310 g/mol. The van der Waals surface area contributed by atoms with Crippen LogP contribution in [0.3, 0.4) is 0 Å². The highest BCUT2D eigenvalue weighted by Crippen LogP contribution is 2.33. The van der Waals surface area contributed by atoms with Crippen LogP contribution in [0.25, 0.3) is 0 Å². The molecule has 3 N–H and O–H groups in total. The minimum atomic E-state index is -1.56. The van der Waals surface area contributed by atoms with Gasteiger partial charge in [-0.3, -0.25) is 19.8 Å². The first-order valence-corrected chi connectivity index (χ1v) is 8.43. The van der Waals surface area contributed by atoms with Gasteiger partial charge < -0.3 is 10.0 Å². The van der Waals surface area contributed by atoms with E-state index in [1.54, 1.807) is 11.1 Å². The summed E-state index contributed by atoms with van der Waals surface area (Å²) in [6, 6.07) is 5.46. The third-order valence-electron chi connectivity index (χ3n) is 4.51. The number of hydroxylamine groups is 1. The van der Waals surface area contributed by atoms with Crippen molar-refractivity contribution in [1.29, 1.82) is 0 Å². The molecule has 7 heteroatoms. The fourth-order valence-corrected chi connectivity index (χ4v) is 3.21. The first kappa shape index (κ1) is 18.4. The minimum absolute atomic E-state index is 0.132. The number of aromatic nitrogens is 1. The number of nitrogens with zero attached hydrogens (tertiary/aromatic N) is 2. The van der Waals surface area contributed by atoms with Crippen LogP contribution in [0.2, 0.25) is 0 Å². The van der Waals surface area contributed by atoms with Crippen molar-refractivity contribution in [1.82, 2.24) is 15.4 Å². The molecular formula is C17H25N3O4. The van der Waals surface area contributed by atoms with Gasteiger partial charge in [-0.1, -0.05) is 25.8 Å². The van der Waals surface area contributed by atoms with E-state index in [1.807, 2.05) is 25.1 Å². The van der Waals surface area contributed by atoms with Crippen LogP contribution < -0.4 is 5.48 Å². The first-order chi connectivity index (χ1) is 11.6. The average molecular weight is 335 g/mol. The van der Waals surface area contributed by atoms with Crippen LogP contribution in [0.15, 0.2) is 24.4 Å². The lowest BCUT2D eigenvalue weighted by molar-refractivity contribution is -0.151. The molecule has 0 aromatic carbocycles. The number of amides is 2. The van der Waals surface area contributed by atoms with Crippen LogP contribution in [0, 0.1) is 5.92 Å². The van der Waals surface area contributed by atoms with E-state index in [1.165, 1.54) is 5.48 Å². The van der Waals surface area contributed by atoms with Gasteiger partial charge in [0.1, 0.15) is 6.10 Å². The van der Waals surface area contributed by atoms with Crippen molar-refractivity contribution in [2.75, 3.05) is 6.54 Å². The molecule has 2 amide bonds. The fourth-order valence-electron chi connectivity index (χ4n) is 3.21. The molecule has 0 bridgehead atoms. The molecule has 1 aromatic rings. The lowest BCUT2D eigenvalue weighted by Gasteiger charge is -2.30. The molecule has 24 heavy (non-hydrogen) atoms. The van der Waals surface area contributed by atoms with Crippen LogP contribution in [0.5, 0.6) is 0 Å².